The number of aromatic nitrogens is 1. The number of anilines is 2. The van der Waals surface area contributed by atoms with Crippen molar-refractivity contribution in [1.29, 1.82) is 0 Å². The fourth-order valence-electron chi connectivity index (χ4n) is 3.95. The minimum Gasteiger partial charge on any atom is -0.359 e. The van der Waals surface area contributed by atoms with Gasteiger partial charge in [-0.25, -0.2) is 17.8 Å². The van der Waals surface area contributed by atoms with Crippen molar-refractivity contribution in [2.75, 3.05) is 10.0 Å². The molecule has 1 aromatic heterocycles. The van der Waals surface area contributed by atoms with Crippen molar-refractivity contribution in [3.8, 4) is 10.4 Å². The first-order chi connectivity index (χ1) is 15.2. The number of aryl methyl sites for hydroxylation is 2. The number of hydrogen-bond acceptors (Lipinski definition) is 5. The maximum Gasteiger partial charge on any atom is 0.262 e. The first-order valence-corrected chi connectivity index (χ1v) is 13.2. The summed E-state index contributed by atoms with van der Waals surface area (Å²) in [5.41, 5.74) is 2.03. The molecule has 5 nitrogen and oxygen atoms in total. The summed E-state index contributed by atoms with van der Waals surface area (Å²) in [5.74, 6) is -0.730. The van der Waals surface area contributed by atoms with Crippen LogP contribution in [0.2, 0.25) is 5.02 Å². The van der Waals surface area contributed by atoms with E-state index in [0.717, 1.165) is 40.2 Å². The van der Waals surface area contributed by atoms with Gasteiger partial charge in [0, 0.05) is 11.1 Å². The number of hydrogen-bond donors (Lipinski definition) is 2. The Bertz CT molecular complexity index is 1240. The number of thiazole rings is 1. The zero-order chi connectivity index (χ0) is 22.9. The SMILES string of the molecule is Cc1ccc(-c2sc(NC3CCCCC3)nc2C)cc1S(=O)(=O)Nc1ccc(Cl)cc1F. The minimum atomic E-state index is -4.00. The molecule has 0 spiro atoms. The molecule has 170 valence electrons. The molecule has 9 heteroatoms. The molecule has 0 atom stereocenters. The number of nitrogens with zero attached hydrogens (tertiary/aromatic N) is 1. The van der Waals surface area contributed by atoms with E-state index in [9.17, 15) is 12.8 Å². The van der Waals surface area contributed by atoms with Gasteiger partial charge in [-0.05, 0) is 62.1 Å². The van der Waals surface area contributed by atoms with Gasteiger partial charge in [0.05, 0.1) is 21.2 Å². The largest absolute Gasteiger partial charge is 0.359 e. The highest BCUT2D eigenvalue weighted by atomic mass is 35.5. The topological polar surface area (TPSA) is 71.1 Å². The van der Waals surface area contributed by atoms with Crippen molar-refractivity contribution in [2.45, 2.75) is 56.9 Å². The summed E-state index contributed by atoms with van der Waals surface area (Å²) in [4.78, 5) is 5.67. The monoisotopic (exact) mass is 493 g/mol. The van der Waals surface area contributed by atoms with Gasteiger partial charge in [-0.15, -0.1) is 0 Å². The molecule has 0 radical (unpaired) electrons. The van der Waals surface area contributed by atoms with E-state index in [2.05, 4.69) is 15.0 Å². The molecule has 2 aromatic carbocycles. The molecule has 0 aliphatic heterocycles. The van der Waals surface area contributed by atoms with Crippen LogP contribution >= 0.6 is 22.9 Å². The van der Waals surface area contributed by atoms with Crippen molar-refractivity contribution >= 4 is 43.8 Å². The summed E-state index contributed by atoms with van der Waals surface area (Å²) >= 11 is 7.30. The Hall–Kier alpha value is -2.16. The van der Waals surface area contributed by atoms with Crippen molar-refractivity contribution in [2.24, 2.45) is 0 Å². The number of nitrogens with one attached hydrogen (secondary N) is 2. The molecule has 1 saturated carbocycles. The predicted molar refractivity (Wildman–Crippen MR) is 130 cm³/mol. The zero-order valence-electron chi connectivity index (χ0n) is 17.9. The number of halogens is 2. The quantitative estimate of drug-likeness (QED) is 0.397. The van der Waals surface area contributed by atoms with Gasteiger partial charge < -0.3 is 5.32 Å². The highest BCUT2D eigenvalue weighted by Crippen LogP contribution is 2.36. The van der Waals surface area contributed by atoms with Crippen LogP contribution in [0.5, 0.6) is 0 Å². The average molecular weight is 494 g/mol. The van der Waals surface area contributed by atoms with Gasteiger partial charge in [0.25, 0.3) is 10.0 Å². The summed E-state index contributed by atoms with van der Waals surface area (Å²) in [7, 11) is -4.00. The van der Waals surface area contributed by atoms with Gasteiger partial charge in [0.2, 0.25) is 0 Å². The molecule has 0 unspecified atom stereocenters. The van der Waals surface area contributed by atoms with Crippen LogP contribution in [0.1, 0.15) is 43.4 Å². The second-order valence-electron chi connectivity index (χ2n) is 8.12. The molecular formula is C23H25ClFN3O2S2. The maximum atomic E-state index is 14.2. The smallest absolute Gasteiger partial charge is 0.262 e. The zero-order valence-corrected chi connectivity index (χ0v) is 20.3. The third-order valence-electron chi connectivity index (χ3n) is 5.64. The van der Waals surface area contributed by atoms with Crippen LogP contribution in [0, 0.1) is 19.7 Å². The highest BCUT2D eigenvalue weighted by molar-refractivity contribution is 7.92. The fourth-order valence-corrected chi connectivity index (χ4v) is 6.49. The number of benzene rings is 2. The van der Waals surface area contributed by atoms with Crippen molar-refractivity contribution < 1.29 is 12.8 Å². The van der Waals surface area contributed by atoms with Gasteiger partial charge in [0.15, 0.2) is 5.13 Å². The van der Waals surface area contributed by atoms with Crippen molar-refractivity contribution in [3.63, 3.8) is 0 Å². The lowest BCUT2D eigenvalue weighted by Crippen LogP contribution is -2.21. The molecule has 4 rings (SSSR count). The molecule has 0 bridgehead atoms. The molecular weight excluding hydrogens is 469 g/mol. The van der Waals surface area contributed by atoms with Crippen LogP contribution in [0.15, 0.2) is 41.3 Å². The Kier molecular flexibility index (Phi) is 6.74. The van der Waals surface area contributed by atoms with Crippen LogP contribution in [-0.4, -0.2) is 19.4 Å². The Balaban J connectivity index is 1.62. The number of rotatable bonds is 6. The lowest BCUT2D eigenvalue weighted by molar-refractivity contribution is 0.462. The molecule has 1 aliphatic rings. The average Bonchev–Trinajstić information content (AvgIpc) is 3.11. The van der Waals surface area contributed by atoms with E-state index in [4.69, 9.17) is 11.6 Å². The lowest BCUT2D eigenvalue weighted by Gasteiger charge is -2.22. The van der Waals surface area contributed by atoms with Crippen LogP contribution in [0.4, 0.5) is 15.2 Å². The van der Waals surface area contributed by atoms with E-state index in [-0.39, 0.29) is 15.6 Å². The van der Waals surface area contributed by atoms with E-state index < -0.39 is 15.8 Å². The molecule has 1 aliphatic carbocycles. The summed E-state index contributed by atoms with van der Waals surface area (Å²) in [6.45, 7) is 3.64. The Morgan fingerprint density at radius 3 is 2.56 bits per heavy atom. The van der Waals surface area contributed by atoms with Crippen molar-refractivity contribution in [1.82, 2.24) is 4.98 Å². The molecule has 1 heterocycles. The Morgan fingerprint density at radius 2 is 1.84 bits per heavy atom. The number of sulfonamides is 1. The molecule has 2 N–H and O–H groups in total. The van der Waals surface area contributed by atoms with E-state index in [0.29, 0.717) is 11.6 Å². The maximum absolute atomic E-state index is 14.2. The highest BCUT2D eigenvalue weighted by Gasteiger charge is 2.22. The van der Waals surface area contributed by atoms with Gasteiger partial charge in [-0.2, -0.15) is 0 Å². The molecule has 3 aromatic rings. The summed E-state index contributed by atoms with van der Waals surface area (Å²) in [6.07, 6.45) is 6.04. The van der Waals surface area contributed by atoms with Crippen LogP contribution in [-0.2, 0) is 10.0 Å². The molecule has 32 heavy (non-hydrogen) atoms. The summed E-state index contributed by atoms with van der Waals surface area (Å²) in [5, 5.41) is 4.59. The van der Waals surface area contributed by atoms with Crippen LogP contribution in [0.3, 0.4) is 0 Å². The Morgan fingerprint density at radius 1 is 1.09 bits per heavy atom. The fraction of sp³-hybridized carbons (Fsp3) is 0.348. The molecule has 0 amide bonds. The first kappa shape index (κ1) is 23.0. The Labute approximate surface area is 197 Å². The van der Waals surface area contributed by atoms with E-state index >= 15 is 0 Å². The second-order valence-corrected chi connectivity index (χ2v) is 11.2. The van der Waals surface area contributed by atoms with Gasteiger partial charge >= 0.3 is 0 Å². The van der Waals surface area contributed by atoms with E-state index in [1.165, 1.54) is 42.7 Å². The second kappa shape index (κ2) is 9.37. The first-order valence-electron chi connectivity index (χ1n) is 10.6. The van der Waals surface area contributed by atoms with Gasteiger partial charge in [-0.1, -0.05) is 54.3 Å². The van der Waals surface area contributed by atoms with Crippen LogP contribution in [0.25, 0.3) is 10.4 Å². The normalized spacial score (nSPS) is 15.0. The van der Waals surface area contributed by atoms with Crippen LogP contribution < -0.4 is 10.0 Å². The minimum absolute atomic E-state index is 0.0962. The molecule has 0 saturated heterocycles. The third-order valence-corrected chi connectivity index (χ3v) is 8.52. The third kappa shape index (κ3) is 5.08. The summed E-state index contributed by atoms with van der Waals surface area (Å²) < 4.78 is 42.6. The standard InChI is InChI=1S/C23H25ClFN3O2S2/c1-14-8-9-16(22-15(2)26-23(31-22)27-18-6-4-3-5-7-18)12-21(14)32(29,30)28-20-11-10-17(24)13-19(20)25/h8-13,18,28H,3-7H2,1-2H3,(H,26,27). The van der Waals surface area contributed by atoms with Crippen molar-refractivity contribution in [3.05, 3.63) is 58.5 Å². The molecule has 1 fully saturated rings. The summed E-state index contributed by atoms with van der Waals surface area (Å²) in [6, 6.07) is 9.53. The lowest BCUT2D eigenvalue weighted by atomic mass is 9.96. The van der Waals surface area contributed by atoms with Gasteiger partial charge in [-0.3, -0.25) is 4.72 Å². The van der Waals surface area contributed by atoms with Gasteiger partial charge in [0.1, 0.15) is 5.82 Å². The van der Waals surface area contributed by atoms with E-state index in [1.807, 2.05) is 13.0 Å². The van der Waals surface area contributed by atoms with E-state index in [1.54, 1.807) is 19.1 Å². The predicted octanol–water partition coefficient (Wildman–Crippen LogP) is 6.76.